The molecule has 0 aromatic heterocycles. The molecule has 1 heterocycles. The molecule has 1 aliphatic rings. The van der Waals surface area contributed by atoms with Gasteiger partial charge in [-0.3, -0.25) is 15.6 Å². The van der Waals surface area contributed by atoms with Gasteiger partial charge in [0.1, 0.15) is 0 Å². The van der Waals surface area contributed by atoms with E-state index < -0.39 is 0 Å². The van der Waals surface area contributed by atoms with Crippen LogP contribution in [-0.2, 0) is 11.2 Å². The van der Waals surface area contributed by atoms with Crippen LogP contribution in [0.25, 0.3) is 0 Å². The number of hydrogen-bond donors (Lipinski definition) is 3. The van der Waals surface area contributed by atoms with Crippen LogP contribution >= 0.6 is 15.9 Å². The summed E-state index contributed by atoms with van der Waals surface area (Å²) in [4.78, 5) is 12.0. The van der Waals surface area contributed by atoms with Crippen molar-refractivity contribution < 1.29 is 4.79 Å². The highest BCUT2D eigenvalue weighted by Gasteiger charge is 2.30. The van der Waals surface area contributed by atoms with E-state index in [1.165, 1.54) is 0 Å². The third kappa shape index (κ3) is 3.10. The van der Waals surface area contributed by atoms with Gasteiger partial charge in [0.2, 0.25) is 5.91 Å². The molecule has 1 aromatic rings. The first-order chi connectivity index (χ1) is 8.58. The molecule has 2 unspecified atom stereocenters. The molecular formula is C13H18BrN3O. The summed E-state index contributed by atoms with van der Waals surface area (Å²) in [5, 5.41) is 3.07. The van der Waals surface area contributed by atoms with Gasteiger partial charge >= 0.3 is 0 Å². The molecule has 98 valence electrons. The highest BCUT2D eigenvalue weighted by Crippen LogP contribution is 2.16. The molecule has 18 heavy (non-hydrogen) atoms. The van der Waals surface area contributed by atoms with Crippen LogP contribution in [-0.4, -0.2) is 24.0 Å². The lowest BCUT2D eigenvalue weighted by molar-refractivity contribution is -0.121. The summed E-state index contributed by atoms with van der Waals surface area (Å²) in [5.74, 6) is 0.0519. The van der Waals surface area contributed by atoms with Crippen molar-refractivity contribution in [2.24, 2.45) is 0 Å². The molecule has 1 saturated heterocycles. The van der Waals surface area contributed by atoms with Gasteiger partial charge in [-0.25, -0.2) is 0 Å². The molecule has 2 atom stereocenters. The lowest BCUT2D eigenvalue weighted by Crippen LogP contribution is -2.46. The van der Waals surface area contributed by atoms with Gasteiger partial charge in [-0.1, -0.05) is 34.1 Å². The minimum absolute atomic E-state index is 0.0519. The molecule has 0 radical (unpaired) electrons. The van der Waals surface area contributed by atoms with Gasteiger partial charge in [-0.15, -0.1) is 0 Å². The lowest BCUT2D eigenvalue weighted by atomic mass is 10.1. The van der Waals surface area contributed by atoms with Crippen molar-refractivity contribution in [3.8, 4) is 0 Å². The summed E-state index contributed by atoms with van der Waals surface area (Å²) in [6.45, 7) is 4.11. The second kappa shape index (κ2) is 5.82. The largest absolute Gasteiger partial charge is 0.350 e. The summed E-state index contributed by atoms with van der Waals surface area (Å²) in [6, 6.07) is 8.40. The molecular weight excluding hydrogens is 294 g/mol. The summed E-state index contributed by atoms with van der Waals surface area (Å²) in [7, 11) is 0. The maximum Gasteiger partial charge on any atom is 0.224 e. The molecule has 0 spiro atoms. The van der Waals surface area contributed by atoms with E-state index in [9.17, 15) is 4.79 Å². The quantitative estimate of drug-likeness (QED) is 0.790. The number of rotatable bonds is 3. The first-order valence-corrected chi connectivity index (χ1v) is 6.91. The van der Waals surface area contributed by atoms with Crippen LogP contribution in [0.15, 0.2) is 28.7 Å². The third-order valence-electron chi connectivity index (χ3n) is 3.25. The van der Waals surface area contributed by atoms with E-state index in [1.807, 2.05) is 24.3 Å². The van der Waals surface area contributed by atoms with Crippen LogP contribution in [0, 0.1) is 0 Å². The van der Waals surface area contributed by atoms with Crippen LogP contribution in [0.5, 0.6) is 0 Å². The zero-order valence-electron chi connectivity index (χ0n) is 10.5. The summed E-state index contributed by atoms with van der Waals surface area (Å²) in [6.07, 6.45) is 0.400. The van der Waals surface area contributed by atoms with E-state index in [2.05, 4.69) is 45.9 Å². The zero-order valence-corrected chi connectivity index (χ0v) is 12.1. The summed E-state index contributed by atoms with van der Waals surface area (Å²) >= 11 is 3.46. The molecule has 1 aliphatic heterocycles. The van der Waals surface area contributed by atoms with Gasteiger partial charge in [0, 0.05) is 16.6 Å². The molecule has 0 saturated carbocycles. The number of nitrogens with one attached hydrogen (secondary N) is 3. The average molecular weight is 312 g/mol. The summed E-state index contributed by atoms with van der Waals surface area (Å²) < 4.78 is 0.976. The van der Waals surface area contributed by atoms with Crippen LogP contribution in [0.1, 0.15) is 19.4 Å². The molecule has 2 rings (SSSR count). The molecule has 5 heteroatoms. The van der Waals surface area contributed by atoms with Crippen molar-refractivity contribution in [3.05, 3.63) is 34.3 Å². The Labute approximate surface area is 116 Å². The maximum atomic E-state index is 12.0. The zero-order chi connectivity index (χ0) is 13.1. The smallest absolute Gasteiger partial charge is 0.224 e. The van der Waals surface area contributed by atoms with E-state index in [0.717, 1.165) is 10.0 Å². The van der Waals surface area contributed by atoms with Gasteiger partial charge in [0.05, 0.1) is 12.5 Å². The number of carbonyl (C=O) groups excluding carboxylic acids is 1. The Morgan fingerprint density at radius 1 is 1.28 bits per heavy atom. The Bertz CT molecular complexity index is 428. The Balaban J connectivity index is 1.95. The van der Waals surface area contributed by atoms with Gasteiger partial charge in [-0.05, 0) is 25.5 Å². The number of halogens is 1. The van der Waals surface area contributed by atoms with Crippen molar-refractivity contribution in [2.45, 2.75) is 38.4 Å². The van der Waals surface area contributed by atoms with Crippen molar-refractivity contribution in [2.75, 3.05) is 0 Å². The second-order valence-corrected chi connectivity index (χ2v) is 5.58. The SMILES string of the molecule is CC1NNC(C)C1NC(=O)Cc1ccccc1Br. The lowest BCUT2D eigenvalue weighted by Gasteiger charge is -2.19. The Morgan fingerprint density at radius 2 is 1.89 bits per heavy atom. The molecule has 4 nitrogen and oxygen atoms in total. The van der Waals surface area contributed by atoms with Crippen LogP contribution in [0.2, 0.25) is 0 Å². The fourth-order valence-electron chi connectivity index (χ4n) is 2.18. The van der Waals surface area contributed by atoms with Gasteiger partial charge in [-0.2, -0.15) is 0 Å². The first-order valence-electron chi connectivity index (χ1n) is 6.11. The van der Waals surface area contributed by atoms with Gasteiger partial charge in [0.15, 0.2) is 0 Å². The van der Waals surface area contributed by atoms with Crippen molar-refractivity contribution in [1.82, 2.24) is 16.2 Å². The third-order valence-corrected chi connectivity index (χ3v) is 4.03. The molecule has 1 fully saturated rings. The molecule has 0 aliphatic carbocycles. The van der Waals surface area contributed by atoms with Gasteiger partial charge < -0.3 is 5.32 Å². The first kappa shape index (κ1) is 13.5. The van der Waals surface area contributed by atoms with E-state index in [4.69, 9.17) is 0 Å². The Kier molecular flexibility index (Phi) is 4.37. The highest BCUT2D eigenvalue weighted by atomic mass is 79.9. The van der Waals surface area contributed by atoms with E-state index in [0.29, 0.717) is 6.42 Å². The number of carbonyl (C=O) groups is 1. The fraction of sp³-hybridized carbons (Fsp3) is 0.462. The van der Waals surface area contributed by atoms with E-state index in [1.54, 1.807) is 0 Å². The van der Waals surface area contributed by atoms with Crippen LogP contribution in [0.4, 0.5) is 0 Å². The Hall–Kier alpha value is -0.910. The Morgan fingerprint density at radius 3 is 2.50 bits per heavy atom. The maximum absolute atomic E-state index is 12.0. The molecule has 0 bridgehead atoms. The van der Waals surface area contributed by atoms with Crippen molar-refractivity contribution >= 4 is 21.8 Å². The van der Waals surface area contributed by atoms with Crippen LogP contribution in [0.3, 0.4) is 0 Å². The molecule has 3 N–H and O–H groups in total. The number of benzene rings is 1. The summed E-state index contributed by atoms with van der Waals surface area (Å²) in [5.41, 5.74) is 7.26. The number of amides is 1. The van der Waals surface area contributed by atoms with Crippen molar-refractivity contribution in [1.29, 1.82) is 0 Å². The second-order valence-electron chi connectivity index (χ2n) is 4.73. The average Bonchev–Trinajstić information content (AvgIpc) is 2.64. The monoisotopic (exact) mass is 311 g/mol. The number of hydrazine groups is 1. The van der Waals surface area contributed by atoms with E-state index >= 15 is 0 Å². The highest BCUT2D eigenvalue weighted by molar-refractivity contribution is 9.10. The van der Waals surface area contributed by atoms with Crippen molar-refractivity contribution in [3.63, 3.8) is 0 Å². The van der Waals surface area contributed by atoms with E-state index in [-0.39, 0.29) is 24.0 Å². The fourth-order valence-corrected chi connectivity index (χ4v) is 2.60. The minimum Gasteiger partial charge on any atom is -0.350 e. The van der Waals surface area contributed by atoms with Crippen LogP contribution < -0.4 is 16.2 Å². The minimum atomic E-state index is 0.0519. The normalized spacial score (nSPS) is 27.2. The number of hydrogen-bond acceptors (Lipinski definition) is 3. The predicted octanol–water partition coefficient (Wildman–Crippen LogP) is 1.36. The standard InChI is InChI=1S/C13H18BrN3O/c1-8-13(9(2)17-16-8)15-12(18)7-10-5-3-4-6-11(10)14/h3-6,8-9,13,16-17H,7H2,1-2H3,(H,15,18). The van der Waals surface area contributed by atoms with Gasteiger partial charge in [0.25, 0.3) is 0 Å². The molecule has 1 amide bonds. The predicted molar refractivity (Wildman–Crippen MR) is 75.0 cm³/mol. The molecule has 1 aromatic carbocycles. The topological polar surface area (TPSA) is 53.2 Å².